The van der Waals surface area contributed by atoms with Crippen LogP contribution in [-0.2, 0) is 13.0 Å². The molecule has 0 N–H and O–H groups in total. The Hall–Kier alpha value is -3.22. The Kier molecular flexibility index (Phi) is 5.49. The summed E-state index contributed by atoms with van der Waals surface area (Å²) in [6, 6.07) is 9.23. The third-order valence-electron chi connectivity index (χ3n) is 4.30. The highest BCUT2D eigenvalue weighted by atomic mass is 16.5. The smallest absolute Gasteiger partial charge is 0.254 e. The molecule has 27 heavy (non-hydrogen) atoms. The van der Waals surface area contributed by atoms with Crippen molar-refractivity contribution in [2.24, 2.45) is 0 Å². The monoisotopic (exact) mass is 366 g/mol. The Morgan fingerprint density at radius 3 is 2.78 bits per heavy atom. The minimum absolute atomic E-state index is 0.111. The summed E-state index contributed by atoms with van der Waals surface area (Å²) in [5.41, 5.74) is 3.83. The first-order valence-electron chi connectivity index (χ1n) is 8.69. The maximum atomic E-state index is 12.8. The van der Waals surface area contributed by atoms with Crippen LogP contribution in [0.3, 0.4) is 0 Å². The summed E-state index contributed by atoms with van der Waals surface area (Å²) < 4.78 is 10.6. The van der Waals surface area contributed by atoms with Crippen LogP contribution in [0.5, 0.6) is 5.88 Å². The van der Waals surface area contributed by atoms with E-state index in [4.69, 9.17) is 9.26 Å². The van der Waals surface area contributed by atoms with Gasteiger partial charge in [0.15, 0.2) is 5.76 Å². The van der Waals surface area contributed by atoms with Gasteiger partial charge in [-0.1, -0.05) is 24.2 Å². The molecule has 140 valence electrons. The van der Waals surface area contributed by atoms with Crippen LogP contribution in [0.2, 0.25) is 0 Å². The molecule has 0 aliphatic carbocycles. The van der Waals surface area contributed by atoms with Gasteiger partial charge in [-0.3, -0.25) is 4.79 Å². The van der Waals surface area contributed by atoms with Crippen molar-refractivity contribution in [2.75, 3.05) is 14.2 Å². The zero-order valence-corrected chi connectivity index (χ0v) is 15.9. The van der Waals surface area contributed by atoms with E-state index in [-0.39, 0.29) is 5.91 Å². The van der Waals surface area contributed by atoms with Gasteiger partial charge in [-0.2, -0.15) is 0 Å². The van der Waals surface area contributed by atoms with Crippen molar-refractivity contribution in [1.29, 1.82) is 0 Å². The molecule has 0 bridgehead atoms. The van der Waals surface area contributed by atoms with Gasteiger partial charge in [0.1, 0.15) is 6.33 Å². The summed E-state index contributed by atoms with van der Waals surface area (Å²) in [5, 5.41) is 3.96. The number of carbonyl (C=O) groups excluding carboxylic acids is 1. The largest absolute Gasteiger partial charge is 0.480 e. The zero-order valence-electron chi connectivity index (χ0n) is 15.9. The number of aromatic nitrogens is 3. The number of ether oxygens (including phenoxy) is 1. The quantitative estimate of drug-likeness (QED) is 0.666. The van der Waals surface area contributed by atoms with Crippen LogP contribution >= 0.6 is 0 Å². The molecular formula is C20H22N4O3. The molecule has 0 atom stereocenters. The number of nitrogens with zero attached hydrogens (tertiary/aromatic N) is 4. The fourth-order valence-electron chi connectivity index (χ4n) is 2.87. The molecule has 3 rings (SSSR count). The summed E-state index contributed by atoms with van der Waals surface area (Å²) in [5.74, 6) is 1.03. The first kappa shape index (κ1) is 18.6. The summed E-state index contributed by atoms with van der Waals surface area (Å²) >= 11 is 0. The summed E-state index contributed by atoms with van der Waals surface area (Å²) in [4.78, 5) is 22.8. The van der Waals surface area contributed by atoms with E-state index in [1.807, 2.05) is 38.1 Å². The number of aryl methyl sites for hydroxylation is 2. The number of hydrogen-bond donors (Lipinski definition) is 0. The van der Waals surface area contributed by atoms with Crippen molar-refractivity contribution in [2.45, 2.75) is 26.8 Å². The molecule has 0 aliphatic heterocycles. The summed E-state index contributed by atoms with van der Waals surface area (Å²) in [7, 11) is 3.30. The van der Waals surface area contributed by atoms with Gasteiger partial charge in [-0.25, -0.2) is 9.97 Å². The third-order valence-corrected chi connectivity index (χ3v) is 4.30. The van der Waals surface area contributed by atoms with Crippen LogP contribution < -0.4 is 4.74 Å². The van der Waals surface area contributed by atoms with E-state index in [1.165, 1.54) is 6.33 Å². The average Bonchev–Trinajstić information content (AvgIpc) is 3.14. The summed E-state index contributed by atoms with van der Waals surface area (Å²) in [6.45, 7) is 4.24. The van der Waals surface area contributed by atoms with Gasteiger partial charge in [-0.15, -0.1) is 0 Å². The molecule has 0 unspecified atom stereocenters. The van der Waals surface area contributed by atoms with E-state index in [1.54, 1.807) is 25.1 Å². The molecule has 2 heterocycles. The van der Waals surface area contributed by atoms with Gasteiger partial charge in [-0.05, 0) is 31.0 Å². The molecule has 0 spiro atoms. The van der Waals surface area contributed by atoms with Crippen molar-refractivity contribution in [1.82, 2.24) is 20.0 Å². The van der Waals surface area contributed by atoms with Crippen molar-refractivity contribution in [3.8, 4) is 17.0 Å². The maximum Gasteiger partial charge on any atom is 0.254 e. The van der Waals surface area contributed by atoms with Crippen LogP contribution in [0.1, 0.15) is 34.4 Å². The number of amides is 1. The van der Waals surface area contributed by atoms with Crippen LogP contribution in [0.25, 0.3) is 11.1 Å². The number of carbonyl (C=O) groups is 1. The lowest BCUT2D eigenvalue weighted by Gasteiger charge is -2.16. The standard InChI is InChI=1S/C20H22N4O3/c1-5-16-10-17(27-23-16)11-24(3)20(25)15-8-6-7-14(9-15)18-13(2)21-12-22-19(18)26-4/h6-10,12H,5,11H2,1-4H3. The zero-order chi connectivity index (χ0) is 19.4. The van der Waals surface area contributed by atoms with Gasteiger partial charge < -0.3 is 14.2 Å². The number of methoxy groups -OCH3 is 1. The van der Waals surface area contributed by atoms with Crippen molar-refractivity contribution in [3.05, 3.63) is 59.4 Å². The van der Waals surface area contributed by atoms with Crippen molar-refractivity contribution in [3.63, 3.8) is 0 Å². The van der Waals surface area contributed by atoms with Crippen molar-refractivity contribution < 1.29 is 14.1 Å². The fraction of sp³-hybridized carbons (Fsp3) is 0.300. The predicted octanol–water partition coefficient (Wildman–Crippen LogP) is 3.28. The molecule has 0 aliphatic rings. The lowest BCUT2D eigenvalue weighted by Crippen LogP contribution is -2.26. The third kappa shape index (κ3) is 3.97. The fourth-order valence-corrected chi connectivity index (χ4v) is 2.87. The molecule has 0 fully saturated rings. The van der Waals surface area contributed by atoms with E-state index in [2.05, 4.69) is 15.1 Å². The van der Waals surface area contributed by atoms with Crippen LogP contribution in [0.15, 0.2) is 41.2 Å². The first-order chi connectivity index (χ1) is 13.0. The Labute approximate surface area is 158 Å². The molecule has 0 saturated heterocycles. The molecule has 7 nitrogen and oxygen atoms in total. The highest BCUT2D eigenvalue weighted by molar-refractivity contribution is 5.95. The molecule has 0 saturated carbocycles. The van der Waals surface area contributed by atoms with E-state index < -0.39 is 0 Å². The van der Waals surface area contributed by atoms with Crippen LogP contribution in [0, 0.1) is 6.92 Å². The summed E-state index contributed by atoms with van der Waals surface area (Å²) in [6.07, 6.45) is 2.26. The van der Waals surface area contributed by atoms with E-state index in [0.29, 0.717) is 23.7 Å². The molecule has 7 heteroatoms. The molecular weight excluding hydrogens is 344 g/mol. The normalized spacial score (nSPS) is 10.7. The molecule has 2 aromatic heterocycles. The van der Waals surface area contributed by atoms with Gasteiger partial charge in [0, 0.05) is 18.7 Å². The Morgan fingerprint density at radius 2 is 2.07 bits per heavy atom. The lowest BCUT2D eigenvalue weighted by atomic mass is 10.0. The SMILES string of the molecule is CCc1cc(CN(C)C(=O)c2cccc(-c3c(C)ncnc3OC)c2)on1. The lowest BCUT2D eigenvalue weighted by molar-refractivity contribution is 0.0772. The second-order valence-electron chi connectivity index (χ2n) is 6.22. The number of hydrogen-bond acceptors (Lipinski definition) is 6. The topological polar surface area (TPSA) is 81.4 Å². The molecule has 1 aromatic carbocycles. The highest BCUT2D eigenvalue weighted by Crippen LogP contribution is 2.30. The maximum absolute atomic E-state index is 12.8. The van der Waals surface area contributed by atoms with Crippen molar-refractivity contribution >= 4 is 5.91 Å². The van der Waals surface area contributed by atoms with Gasteiger partial charge in [0.2, 0.25) is 5.88 Å². The van der Waals surface area contributed by atoms with Gasteiger partial charge in [0.25, 0.3) is 5.91 Å². The second-order valence-corrected chi connectivity index (χ2v) is 6.22. The molecule has 0 radical (unpaired) electrons. The van der Waals surface area contributed by atoms with E-state index in [0.717, 1.165) is 28.9 Å². The first-order valence-corrected chi connectivity index (χ1v) is 8.69. The number of rotatable bonds is 6. The van der Waals surface area contributed by atoms with E-state index >= 15 is 0 Å². The van der Waals surface area contributed by atoms with Crippen LogP contribution in [0.4, 0.5) is 0 Å². The van der Waals surface area contributed by atoms with E-state index in [9.17, 15) is 4.79 Å². The Morgan fingerprint density at radius 1 is 1.26 bits per heavy atom. The minimum atomic E-state index is -0.111. The second kappa shape index (κ2) is 7.99. The Bertz CT molecular complexity index is 952. The predicted molar refractivity (Wildman–Crippen MR) is 100 cm³/mol. The number of benzene rings is 1. The molecule has 1 amide bonds. The highest BCUT2D eigenvalue weighted by Gasteiger charge is 2.17. The van der Waals surface area contributed by atoms with Gasteiger partial charge in [0.05, 0.1) is 30.6 Å². The average molecular weight is 366 g/mol. The minimum Gasteiger partial charge on any atom is -0.480 e. The van der Waals surface area contributed by atoms with Gasteiger partial charge >= 0.3 is 0 Å². The Balaban J connectivity index is 1.85. The molecule has 3 aromatic rings. The van der Waals surface area contributed by atoms with Crippen LogP contribution in [-0.4, -0.2) is 40.1 Å².